The average Bonchev–Trinajstić information content (AvgIpc) is 3.27. The van der Waals surface area contributed by atoms with Gasteiger partial charge in [-0.05, 0) is 149 Å². The van der Waals surface area contributed by atoms with Gasteiger partial charge in [-0.2, -0.15) is 0 Å². The topological polar surface area (TPSA) is 0 Å². The van der Waals surface area contributed by atoms with Crippen LogP contribution in [0, 0.1) is 45.3 Å². The minimum Gasteiger partial charge on any atom is -0.0999 e. The molecule has 0 radical (unpaired) electrons. The average molecular weight is 921 g/mol. The van der Waals surface area contributed by atoms with E-state index < -0.39 is 0 Å². The van der Waals surface area contributed by atoms with Crippen molar-refractivity contribution in [2.75, 3.05) is 0 Å². The van der Waals surface area contributed by atoms with Gasteiger partial charge in [-0.3, -0.25) is 0 Å². The summed E-state index contributed by atoms with van der Waals surface area (Å²) in [4.78, 5) is 0. The lowest BCUT2D eigenvalue weighted by atomic mass is 9.68. The van der Waals surface area contributed by atoms with Crippen LogP contribution in [0.2, 0.25) is 0 Å². The van der Waals surface area contributed by atoms with E-state index in [4.69, 9.17) is 32.9 Å². The highest BCUT2D eigenvalue weighted by Gasteiger charge is 2.33. The van der Waals surface area contributed by atoms with Gasteiger partial charge >= 0.3 is 0 Å². The van der Waals surface area contributed by atoms with Crippen LogP contribution in [-0.4, -0.2) is 0 Å². The van der Waals surface area contributed by atoms with Gasteiger partial charge in [0.1, 0.15) is 0 Å². The normalized spacial score (nSPS) is 14.0. The standard InChI is InChI=1S/C69H92/c1-47(2)48(3)37-54(9)68(18,19)46-52(7)65(41-58-31-34-61(35-32-58)57(12)60-27-23-22-24-28-60)40-56(11)67(16,17)44-50(5)49(4)38-55(10)69(20,21)45-51(6)64(39-53(8)66(13,14)15)43-59-33-36-62-29-25-26-30-63(62)42-59/h22-36,42,48-49,64-65H,1,5-12,37-41,43-46H2,2-4,13-21H3. The van der Waals surface area contributed by atoms with Gasteiger partial charge in [0, 0.05) is 0 Å². The Morgan fingerprint density at radius 2 is 0.826 bits per heavy atom. The van der Waals surface area contributed by atoms with E-state index in [9.17, 15) is 0 Å². The van der Waals surface area contributed by atoms with Gasteiger partial charge in [0.15, 0.2) is 0 Å². The molecule has 0 heterocycles. The summed E-state index contributed by atoms with van der Waals surface area (Å²) in [7, 11) is 0. The third-order valence-electron chi connectivity index (χ3n) is 15.9. The van der Waals surface area contributed by atoms with E-state index in [2.05, 4.69) is 200 Å². The van der Waals surface area contributed by atoms with Crippen molar-refractivity contribution in [3.8, 4) is 0 Å². The first-order valence-electron chi connectivity index (χ1n) is 25.7. The summed E-state index contributed by atoms with van der Waals surface area (Å²) in [6, 6.07) is 35.0. The first-order valence-corrected chi connectivity index (χ1v) is 25.7. The maximum absolute atomic E-state index is 4.84. The second kappa shape index (κ2) is 23.6. The second-order valence-corrected chi connectivity index (χ2v) is 24.3. The highest BCUT2D eigenvalue weighted by Crippen LogP contribution is 2.46. The van der Waals surface area contributed by atoms with Gasteiger partial charge in [0.05, 0.1) is 0 Å². The molecule has 0 fully saturated rings. The number of hydrogen-bond donors (Lipinski definition) is 0. The van der Waals surface area contributed by atoms with Crippen LogP contribution < -0.4 is 0 Å². The molecule has 69 heavy (non-hydrogen) atoms. The van der Waals surface area contributed by atoms with Crippen LogP contribution in [0.3, 0.4) is 0 Å². The zero-order valence-corrected chi connectivity index (χ0v) is 45.8. The molecule has 0 aromatic heterocycles. The van der Waals surface area contributed by atoms with E-state index in [0.29, 0.717) is 5.92 Å². The fourth-order valence-electron chi connectivity index (χ4n) is 9.63. The molecule has 0 aliphatic rings. The molecule has 0 saturated heterocycles. The van der Waals surface area contributed by atoms with Crippen LogP contribution in [-0.2, 0) is 12.8 Å². The first-order chi connectivity index (χ1) is 32.0. The molecule has 4 aromatic carbocycles. The van der Waals surface area contributed by atoms with Crippen LogP contribution in [0.15, 0.2) is 201 Å². The van der Waals surface area contributed by atoms with Gasteiger partial charge in [-0.1, -0.05) is 277 Å². The van der Waals surface area contributed by atoms with Crippen LogP contribution in [0.5, 0.6) is 0 Å². The summed E-state index contributed by atoms with van der Waals surface area (Å²) in [6.45, 7) is 69.4. The Morgan fingerprint density at radius 1 is 0.420 bits per heavy atom. The highest BCUT2D eigenvalue weighted by molar-refractivity contribution is 5.83. The predicted octanol–water partition coefficient (Wildman–Crippen LogP) is 20.5. The van der Waals surface area contributed by atoms with Crippen molar-refractivity contribution in [3.05, 3.63) is 223 Å². The monoisotopic (exact) mass is 921 g/mol. The molecule has 0 N–H and O–H groups in total. The van der Waals surface area contributed by atoms with E-state index >= 15 is 0 Å². The Bertz CT molecular complexity index is 2510. The van der Waals surface area contributed by atoms with Crippen molar-refractivity contribution in [2.24, 2.45) is 45.3 Å². The van der Waals surface area contributed by atoms with Crippen molar-refractivity contribution >= 4 is 16.3 Å². The SMILES string of the molecule is C=C(c1ccccc1)c1ccc(CC(CC(=C)C(C)(C)CC(=C)C(C)CC(=C)C(C)(C)CC(=C)C(CC(=C)C(C)(C)C)Cc2ccc3ccccc3c2)C(=C)CC(C)(C)C(=C)CC(C)C(=C)C)cc1. The molecule has 4 unspecified atom stereocenters. The molecule has 0 nitrogen and oxygen atoms in total. The van der Waals surface area contributed by atoms with Crippen LogP contribution in [0.1, 0.15) is 150 Å². The number of benzene rings is 4. The van der Waals surface area contributed by atoms with E-state index in [1.54, 1.807) is 0 Å². The smallest absolute Gasteiger partial charge is 0.0110 e. The molecule has 0 aliphatic heterocycles. The molecule has 0 saturated carbocycles. The summed E-state index contributed by atoms with van der Waals surface area (Å²) in [5.41, 5.74) is 15.6. The lowest BCUT2D eigenvalue weighted by Crippen LogP contribution is -2.24. The van der Waals surface area contributed by atoms with Gasteiger partial charge < -0.3 is 0 Å². The van der Waals surface area contributed by atoms with Crippen molar-refractivity contribution in [3.63, 3.8) is 0 Å². The Kier molecular flexibility index (Phi) is 19.3. The Morgan fingerprint density at radius 3 is 1.33 bits per heavy atom. The minimum atomic E-state index is -0.159. The quantitative estimate of drug-likeness (QED) is 0.0523. The highest BCUT2D eigenvalue weighted by atomic mass is 14.4. The van der Waals surface area contributed by atoms with Crippen molar-refractivity contribution < 1.29 is 0 Å². The fourth-order valence-corrected chi connectivity index (χ4v) is 9.63. The van der Waals surface area contributed by atoms with Gasteiger partial charge in [0.25, 0.3) is 0 Å². The molecule has 0 bridgehead atoms. The number of hydrogen-bond acceptors (Lipinski definition) is 0. The van der Waals surface area contributed by atoms with Crippen molar-refractivity contribution in [2.45, 2.75) is 141 Å². The van der Waals surface area contributed by atoms with Crippen LogP contribution in [0.25, 0.3) is 16.3 Å². The summed E-state index contributed by atoms with van der Waals surface area (Å²) in [5, 5.41) is 2.56. The predicted molar refractivity (Wildman–Crippen MR) is 310 cm³/mol. The number of fused-ring (bicyclic) bond motifs is 1. The molecule has 0 amide bonds. The van der Waals surface area contributed by atoms with E-state index in [1.165, 1.54) is 66.5 Å². The minimum absolute atomic E-state index is 0.0339. The molecule has 0 aliphatic carbocycles. The summed E-state index contributed by atoms with van der Waals surface area (Å²) >= 11 is 0. The molecular weight excluding hydrogens is 829 g/mol. The lowest BCUT2D eigenvalue weighted by molar-refractivity contribution is 0.359. The summed E-state index contributed by atoms with van der Waals surface area (Å²) < 4.78 is 0. The summed E-state index contributed by atoms with van der Waals surface area (Å²) in [5.74, 6) is 1.18. The number of allylic oxidation sites excluding steroid dienone is 8. The fraction of sp³-hybridized carbons (Fsp3) is 0.420. The molecule has 368 valence electrons. The third-order valence-corrected chi connectivity index (χ3v) is 15.9. The molecule has 4 rings (SSSR count). The lowest BCUT2D eigenvalue weighted by Gasteiger charge is -2.36. The van der Waals surface area contributed by atoms with Crippen LogP contribution >= 0.6 is 0 Å². The van der Waals surface area contributed by atoms with E-state index in [1.807, 2.05) is 6.07 Å². The van der Waals surface area contributed by atoms with Gasteiger partial charge in [-0.25, -0.2) is 0 Å². The Hall–Kier alpha value is -5.20. The van der Waals surface area contributed by atoms with Gasteiger partial charge in [-0.15, -0.1) is 0 Å². The second-order valence-electron chi connectivity index (χ2n) is 24.3. The molecule has 4 aromatic rings. The third kappa shape index (κ3) is 16.2. The van der Waals surface area contributed by atoms with Crippen molar-refractivity contribution in [1.29, 1.82) is 0 Å². The maximum Gasteiger partial charge on any atom is -0.0110 e. The summed E-state index contributed by atoms with van der Waals surface area (Å²) in [6.07, 6.45) is 8.08. The number of rotatable bonds is 27. The Labute approximate surface area is 423 Å². The maximum atomic E-state index is 4.84. The van der Waals surface area contributed by atoms with Crippen LogP contribution in [0.4, 0.5) is 0 Å². The molecular formula is C69H92. The molecule has 0 heteroatoms. The van der Waals surface area contributed by atoms with Gasteiger partial charge in [0.2, 0.25) is 0 Å². The van der Waals surface area contributed by atoms with E-state index in [0.717, 1.165) is 74.5 Å². The zero-order chi connectivity index (χ0) is 51.6. The Balaban J connectivity index is 1.47. The molecule has 0 spiro atoms. The van der Waals surface area contributed by atoms with E-state index in [-0.39, 0.29) is 39.4 Å². The largest absolute Gasteiger partial charge is 0.0999 e. The first kappa shape index (κ1) is 56.4. The molecule has 4 atom stereocenters. The zero-order valence-electron chi connectivity index (χ0n) is 45.8. The van der Waals surface area contributed by atoms with Crippen molar-refractivity contribution in [1.82, 2.24) is 0 Å².